The Bertz CT molecular complexity index is 218. The van der Waals surface area contributed by atoms with E-state index >= 15 is 0 Å². The Balaban J connectivity index is 2.18. The third-order valence-electron chi connectivity index (χ3n) is 5.34. The molecule has 0 aromatic carbocycles. The molecule has 0 spiro atoms. The molecule has 0 heterocycles. The van der Waals surface area contributed by atoms with Crippen LogP contribution in [-0.2, 0) is 0 Å². The summed E-state index contributed by atoms with van der Waals surface area (Å²) < 4.78 is 0. The second kappa shape index (κ2) is 7.56. The first-order chi connectivity index (χ1) is 8.49. The zero-order valence-corrected chi connectivity index (χ0v) is 13.7. The quantitative estimate of drug-likeness (QED) is 0.461. The Hall–Kier alpha value is 0. The summed E-state index contributed by atoms with van der Waals surface area (Å²) in [7, 11) is 0. The molecule has 0 bridgehead atoms. The van der Waals surface area contributed by atoms with E-state index in [-0.39, 0.29) is 0 Å². The topological polar surface area (TPSA) is 0 Å². The molecule has 1 fully saturated rings. The summed E-state index contributed by atoms with van der Waals surface area (Å²) >= 11 is 0. The molecular formula is C18H36. The van der Waals surface area contributed by atoms with Crippen LogP contribution in [0.5, 0.6) is 0 Å². The van der Waals surface area contributed by atoms with Crippen LogP contribution in [0.4, 0.5) is 0 Å². The van der Waals surface area contributed by atoms with Gasteiger partial charge in [-0.25, -0.2) is 0 Å². The van der Waals surface area contributed by atoms with Gasteiger partial charge in [-0.3, -0.25) is 0 Å². The molecule has 0 aliphatic heterocycles. The summed E-state index contributed by atoms with van der Waals surface area (Å²) in [4.78, 5) is 0. The number of hydrogen-bond acceptors (Lipinski definition) is 0. The van der Waals surface area contributed by atoms with Gasteiger partial charge in [-0.15, -0.1) is 0 Å². The van der Waals surface area contributed by atoms with Crippen LogP contribution in [0.2, 0.25) is 0 Å². The fraction of sp³-hybridized carbons (Fsp3) is 1.00. The van der Waals surface area contributed by atoms with Crippen LogP contribution in [0.3, 0.4) is 0 Å². The molecule has 1 aliphatic carbocycles. The van der Waals surface area contributed by atoms with Crippen LogP contribution in [-0.4, -0.2) is 0 Å². The molecule has 0 amide bonds. The Morgan fingerprint density at radius 2 is 1.61 bits per heavy atom. The lowest BCUT2D eigenvalue weighted by Gasteiger charge is -2.21. The van der Waals surface area contributed by atoms with Gasteiger partial charge in [0.25, 0.3) is 0 Å². The van der Waals surface area contributed by atoms with Crippen LogP contribution >= 0.6 is 0 Å². The highest BCUT2D eigenvalue weighted by Gasteiger charge is 2.44. The van der Waals surface area contributed by atoms with Gasteiger partial charge in [-0.05, 0) is 54.8 Å². The summed E-state index contributed by atoms with van der Waals surface area (Å²) in [6.07, 6.45) is 8.65. The highest BCUT2D eigenvalue weighted by atomic mass is 14.5. The van der Waals surface area contributed by atoms with Crippen molar-refractivity contribution in [3.8, 4) is 0 Å². The average molecular weight is 252 g/mol. The molecule has 0 heteroatoms. The first kappa shape index (κ1) is 16.1. The molecule has 1 aliphatic rings. The Morgan fingerprint density at radius 1 is 0.944 bits per heavy atom. The SMILES string of the molecule is CCC(CC(C)C)CC(C)CCC1C(C)C1CC. The van der Waals surface area contributed by atoms with Crippen molar-refractivity contribution in [2.75, 3.05) is 0 Å². The summed E-state index contributed by atoms with van der Waals surface area (Å²) in [6.45, 7) is 14.4. The molecule has 0 aromatic heterocycles. The van der Waals surface area contributed by atoms with Gasteiger partial charge in [0.1, 0.15) is 0 Å². The minimum atomic E-state index is 0.870. The smallest absolute Gasteiger partial charge is 0.0355 e. The first-order valence-corrected chi connectivity index (χ1v) is 8.49. The Labute approximate surface area is 116 Å². The van der Waals surface area contributed by atoms with E-state index in [0.717, 1.165) is 35.5 Å². The van der Waals surface area contributed by atoms with Gasteiger partial charge in [0.05, 0.1) is 0 Å². The van der Waals surface area contributed by atoms with Crippen molar-refractivity contribution >= 4 is 0 Å². The van der Waals surface area contributed by atoms with Crippen LogP contribution in [0.25, 0.3) is 0 Å². The van der Waals surface area contributed by atoms with Crippen molar-refractivity contribution < 1.29 is 0 Å². The second-order valence-corrected chi connectivity index (χ2v) is 7.42. The third-order valence-corrected chi connectivity index (χ3v) is 5.34. The van der Waals surface area contributed by atoms with Crippen LogP contribution in [0, 0.1) is 35.5 Å². The van der Waals surface area contributed by atoms with Gasteiger partial charge < -0.3 is 0 Å². The van der Waals surface area contributed by atoms with E-state index in [1.807, 2.05) is 0 Å². The Kier molecular flexibility index (Phi) is 6.74. The summed E-state index contributed by atoms with van der Waals surface area (Å²) in [5.41, 5.74) is 0. The highest BCUT2D eigenvalue weighted by Crippen LogP contribution is 2.51. The molecule has 0 aromatic rings. The number of rotatable bonds is 9. The average Bonchev–Trinajstić information content (AvgIpc) is 2.94. The molecule has 108 valence electrons. The van der Waals surface area contributed by atoms with Gasteiger partial charge in [-0.1, -0.05) is 60.8 Å². The lowest BCUT2D eigenvalue weighted by atomic mass is 9.85. The van der Waals surface area contributed by atoms with Crippen LogP contribution < -0.4 is 0 Å². The fourth-order valence-corrected chi connectivity index (χ4v) is 4.05. The van der Waals surface area contributed by atoms with Crippen molar-refractivity contribution in [2.45, 2.75) is 80.1 Å². The second-order valence-electron chi connectivity index (χ2n) is 7.42. The minimum absolute atomic E-state index is 0.870. The van der Waals surface area contributed by atoms with Crippen molar-refractivity contribution in [3.63, 3.8) is 0 Å². The van der Waals surface area contributed by atoms with Crippen LogP contribution in [0.15, 0.2) is 0 Å². The van der Waals surface area contributed by atoms with Crippen molar-refractivity contribution in [2.24, 2.45) is 35.5 Å². The first-order valence-electron chi connectivity index (χ1n) is 8.49. The Morgan fingerprint density at radius 3 is 2.06 bits per heavy atom. The zero-order valence-electron chi connectivity index (χ0n) is 13.7. The van der Waals surface area contributed by atoms with E-state index in [2.05, 4.69) is 41.5 Å². The fourth-order valence-electron chi connectivity index (χ4n) is 4.05. The lowest BCUT2D eigenvalue weighted by Crippen LogP contribution is -2.09. The molecule has 5 unspecified atom stereocenters. The molecule has 5 atom stereocenters. The maximum Gasteiger partial charge on any atom is -0.0355 e. The number of hydrogen-bond donors (Lipinski definition) is 0. The van der Waals surface area contributed by atoms with Gasteiger partial charge in [0, 0.05) is 0 Å². The maximum atomic E-state index is 2.48. The largest absolute Gasteiger partial charge is 0.0651 e. The van der Waals surface area contributed by atoms with E-state index in [0.29, 0.717) is 0 Å². The van der Waals surface area contributed by atoms with E-state index in [4.69, 9.17) is 0 Å². The molecular weight excluding hydrogens is 216 g/mol. The third kappa shape index (κ3) is 4.94. The lowest BCUT2D eigenvalue weighted by molar-refractivity contribution is 0.307. The summed E-state index contributed by atoms with van der Waals surface area (Å²) in [5, 5.41) is 0. The summed E-state index contributed by atoms with van der Waals surface area (Å²) in [6, 6.07) is 0. The van der Waals surface area contributed by atoms with Crippen molar-refractivity contribution in [1.82, 2.24) is 0 Å². The van der Waals surface area contributed by atoms with Gasteiger partial charge in [0.2, 0.25) is 0 Å². The molecule has 1 saturated carbocycles. The van der Waals surface area contributed by atoms with E-state index in [1.165, 1.54) is 38.5 Å². The highest BCUT2D eigenvalue weighted by molar-refractivity contribution is 4.92. The van der Waals surface area contributed by atoms with Crippen LogP contribution in [0.1, 0.15) is 80.1 Å². The van der Waals surface area contributed by atoms with Gasteiger partial charge in [-0.2, -0.15) is 0 Å². The minimum Gasteiger partial charge on any atom is -0.0651 e. The predicted octanol–water partition coefficient (Wildman–Crippen LogP) is 6.16. The summed E-state index contributed by atoms with van der Waals surface area (Å²) in [5.74, 6) is 5.95. The standard InChI is InChI=1S/C18H36/c1-7-16(11-13(3)4)12-14(5)9-10-18-15(6)17(18)8-2/h13-18H,7-12H2,1-6H3. The molecule has 0 radical (unpaired) electrons. The zero-order chi connectivity index (χ0) is 13.7. The normalized spacial score (nSPS) is 30.5. The van der Waals surface area contributed by atoms with Gasteiger partial charge in [0.15, 0.2) is 0 Å². The molecule has 0 N–H and O–H groups in total. The monoisotopic (exact) mass is 252 g/mol. The molecule has 18 heavy (non-hydrogen) atoms. The van der Waals surface area contributed by atoms with E-state index in [1.54, 1.807) is 0 Å². The maximum absolute atomic E-state index is 2.48. The van der Waals surface area contributed by atoms with E-state index in [9.17, 15) is 0 Å². The molecule has 0 saturated heterocycles. The van der Waals surface area contributed by atoms with E-state index < -0.39 is 0 Å². The molecule has 1 rings (SSSR count). The predicted molar refractivity (Wildman–Crippen MR) is 82.7 cm³/mol. The molecule has 0 nitrogen and oxygen atoms in total. The van der Waals surface area contributed by atoms with Crippen molar-refractivity contribution in [3.05, 3.63) is 0 Å². The van der Waals surface area contributed by atoms with Crippen molar-refractivity contribution in [1.29, 1.82) is 0 Å². The van der Waals surface area contributed by atoms with Gasteiger partial charge >= 0.3 is 0 Å².